The van der Waals surface area contributed by atoms with E-state index in [-0.39, 0.29) is 18.1 Å². The number of thiazole rings is 1. The minimum Gasteiger partial charge on any atom is -0.379 e. The van der Waals surface area contributed by atoms with Crippen molar-refractivity contribution in [2.24, 2.45) is 0 Å². The van der Waals surface area contributed by atoms with Crippen molar-refractivity contribution in [3.8, 4) is 0 Å². The highest BCUT2D eigenvalue weighted by atomic mass is 32.1. The SMILES string of the molecule is Cc1[nH]c(=S)sc1CC(=O)N1CCC(O[C@@H]2CCOC2)CC1. The number of H-pyrrole nitrogens is 1. The van der Waals surface area contributed by atoms with Crippen molar-refractivity contribution in [1.82, 2.24) is 9.88 Å². The number of amides is 1. The summed E-state index contributed by atoms with van der Waals surface area (Å²) in [4.78, 5) is 18.5. The molecular formula is C15H22N2O3S2. The van der Waals surface area contributed by atoms with Crippen molar-refractivity contribution in [1.29, 1.82) is 0 Å². The predicted molar refractivity (Wildman–Crippen MR) is 87.9 cm³/mol. The highest BCUT2D eigenvalue weighted by molar-refractivity contribution is 7.73. The number of nitrogens with one attached hydrogen (secondary N) is 1. The molecule has 2 aliphatic rings. The molecule has 22 heavy (non-hydrogen) atoms. The van der Waals surface area contributed by atoms with Gasteiger partial charge >= 0.3 is 0 Å². The smallest absolute Gasteiger partial charge is 0.227 e. The standard InChI is InChI=1S/C15H22N2O3S2/c1-10-13(22-15(21)16-10)8-14(18)17-5-2-11(3-6-17)20-12-4-7-19-9-12/h11-12H,2-9H2,1H3,(H,16,21)/t12-/m1/s1. The van der Waals surface area contributed by atoms with Crippen LogP contribution in [0.15, 0.2) is 0 Å². The third-order valence-corrected chi connectivity index (χ3v) is 5.64. The van der Waals surface area contributed by atoms with E-state index in [0.717, 1.165) is 60.1 Å². The fourth-order valence-corrected chi connectivity index (χ4v) is 4.27. The van der Waals surface area contributed by atoms with Gasteiger partial charge in [0, 0.05) is 30.3 Å². The van der Waals surface area contributed by atoms with Gasteiger partial charge in [0.05, 0.1) is 25.2 Å². The average molecular weight is 342 g/mol. The van der Waals surface area contributed by atoms with Crippen molar-refractivity contribution in [2.45, 2.75) is 44.8 Å². The summed E-state index contributed by atoms with van der Waals surface area (Å²) in [6, 6.07) is 0. The molecule has 5 nitrogen and oxygen atoms in total. The highest BCUT2D eigenvalue weighted by Gasteiger charge is 2.27. The first-order valence-electron chi connectivity index (χ1n) is 7.81. The summed E-state index contributed by atoms with van der Waals surface area (Å²) in [5.74, 6) is 0.191. The van der Waals surface area contributed by atoms with Crippen LogP contribution in [0, 0.1) is 10.9 Å². The number of aromatic nitrogens is 1. The van der Waals surface area contributed by atoms with Gasteiger partial charge in [-0.15, -0.1) is 11.3 Å². The van der Waals surface area contributed by atoms with Gasteiger partial charge < -0.3 is 19.4 Å². The molecule has 2 saturated heterocycles. The first-order valence-corrected chi connectivity index (χ1v) is 9.04. The average Bonchev–Trinajstić information content (AvgIpc) is 3.10. The molecule has 0 saturated carbocycles. The highest BCUT2D eigenvalue weighted by Crippen LogP contribution is 2.21. The number of aromatic amines is 1. The Kier molecular flexibility index (Phi) is 5.28. The maximum Gasteiger partial charge on any atom is 0.227 e. The van der Waals surface area contributed by atoms with E-state index in [1.54, 1.807) is 0 Å². The molecule has 0 radical (unpaired) electrons. The number of piperidine rings is 1. The van der Waals surface area contributed by atoms with Crippen LogP contribution in [0.1, 0.15) is 29.8 Å². The zero-order chi connectivity index (χ0) is 15.5. The maximum atomic E-state index is 12.4. The molecule has 7 heteroatoms. The second-order valence-corrected chi connectivity index (χ2v) is 7.71. The number of carbonyl (C=O) groups is 1. The molecule has 1 aromatic rings. The minimum atomic E-state index is 0.191. The lowest BCUT2D eigenvalue weighted by molar-refractivity contribution is -0.133. The Bertz CT molecular complexity index is 570. The fraction of sp³-hybridized carbons (Fsp3) is 0.733. The molecule has 3 rings (SSSR count). The van der Waals surface area contributed by atoms with Crippen LogP contribution in [0.2, 0.25) is 0 Å². The van der Waals surface area contributed by atoms with Crippen LogP contribution < -0.4 is 0 Å². The van der Waals surface area contributed by atoms with Gasteiger partial charge in [-0.2, -0.15) is 0 Å². The van der Waals surface area contributed by atoms with Gasteiger partial charge in [-0.3, -0.25) is 4.79 Å². The van der Waals surface area contributed by atoms with Crippen LogP contribution in [0.5, 0.6) is 0 Å². The molecule has 2 aliphatic heterocycles. The topological polar surface area (TPSA) is 54.6 Å². The van der Waals surface area contributed by atoms with Gasteiger partial charge in [-0.05, 0) is 38.4 Å². The Labute approximate surface area is 139 Å². The van der Waals surface area contributed by atoms with Crippen molar-refractivity contribution >= 4 is 29.5 Å². The summed E-state index contributed by atoms with van der Waals surface area (Å²) in [7, 11) is 0. The Morgan fingerprint density at radius 1 is 1.41 bits per heavy atom. The van der Waals surface area contributed by atoms with Crippen molar-refractivity contribution < 1.29 is 14.3 Å². The Morgan fingerprint density at radius 2 is 2.18 bits per heavy atom. The van der Waals surface area contributed by atoms with Gasteiger partial charge in [-0.1, -0.05) is 0 Å². The molecule has 2 fully saturated rings. The van der Waals surface area contributed by atoms with Gasteiger partial charge in [0.1, 0.15) is 0 Å². The summed E-state index contributed by atoms with van der Waals surface area (Å²) in [5.41, 5.74) is 1.02. The van der Waals surface area contributed by atoms with Crippen LogP contribution in [0.4, 0.5) is 0 Å². The van der Waals surface area contributed by atoms with Crippen molar-refractivity contribution in [3.63, 3.8) is 0 Å². The Morgan fingerprint density at radius 3 is 2.77 bits per heavy atom. The molecule has 0 unspecified atom stereocenters. The summed E-state index contributed by atoms with van der Waals surface area (Å²) < 4.78 is 12.1. The second kappa shape index (κ2) is 7.21. The molecule has 1 amide bonds. The third-order valence-electron chi connectivity index (χ3n) is 4.30. The molecule has 3 heterocycles. The lowest BCUT2D eigenvalue weighted by Crippen LogP contribution is -2.42. The molecule has 0 spiro atoms. The molecule has 1 atom stereocenters. The number of likely N-dealkylation sites (tertiary alicyclic amines) is 1. The summed E-state index contributed by atoms with van der Waals surface area (Å²) in [6.45, 7) is 5.07. The lowest BCUT2D eigenvalue weighted by atomic mass is 10.1. The third kappa shape index (κ3) is 3.95. The zero-order valence-corrected chi connectivity index (χ0v) is 14.4. The van der Waals surface area contributed by atoms with E-state index in [1.165, 1.54) is 11.3 Å². The fourth-order valence-electron chi connectivity index (χ4n) is 2.99. The molecule has 122 valence electrons. The summed E-state index contributed by atoms with van der Waals surface area (Å²) >= 11 is 6.63. The molecule has 0 bridgehead atoms. The Balaban J connectivity index is 1.47. The zero-order valence-electron chi connectivity index (χ0n) is 12.8. The van der Waals surface area contributed by atoms with Crippen LogP contribution in [-0.4, -0.2) is 54.3 Å². The minimum absolute atomic E-state index is 0.191. The van der Waals surface area contributed by atoms with Gasteiger partial charge in [0.25, 0.3) is 0 Å². The van der Waals surface area contributed by atoms with Crippen LogP contribution in [0.25, 0.3) is 0 Å². The van der Waals surface area contributed by atoms with E-state index in [9.17, 15) is 4.79 Å². The van der Waals surface area contributed by atoms with E-state index >= 15 is 0 Å². The van der Waals surface area contributed by atoms with Crippen molar-refractivity contribution in [3.05, 3.63) is 14.5 Å². The summed E-state index contributed by atoms with van der Waals surface area (Å²) in [5, 5.41) is 0. The van der Waals surface area contributed by atoms with Gasteiger partial charge in [0.15, 0.2) is 3.95 Å². The van der Waals surface area contributed by atoms with Crippen LogP contribution >= 0.6 is 23.6 Å². The number of aryl methyl sites for hydroxylation is 1. The Hall–Kier alpha value is -0.760. The maximum absolute atomic E-state index is 12.4. The van der Waals surface area contributed by atoms with Gasteiger partial charge in [0.2, 0.25) is 5.91 Å². The number of hydrogen-bond acceptors (Lipinski definition) is 5. The number of rotatable bonds is 4. The lowest BCUT2D eigenvalue weighted by Gasteiger charge is -2.33. The van der Waals surface area contributed by atoms with E-state index < -0.39 is 0 Å². The largest absolute Gasteiger partial charge is 0.379 e. The summed E-state index contributed by atoms with van der Waals surface area (Å²) in [6.07, 6.45) is 3.81. The monoisotopic (exact) mass is 342 g/mol. The van der Waals surface area contributed by atoms with E-state index in [0.29, 0.717) is 6.42 Å². The van der Waals surface area contributed by atoms with Gasteiger partial charge in [-0.25, -0.2) is 0 Å². The predicted octanol–water partition coefficient (Wildman–Crippen LogP) is 2.45. The molecule has 1 N–H and O–H groups in total. The van der Waals surface area contributed by atoms with Crippen LogP contribution in [0.3, 0.4) is 0 Å². The molecular weight excluding hydrogens is 320 g/mol. The van der Waals surface area contributed by atoms with E-state index in [1.807, 2.05) is 11.8 Å². The quantitative estimate of drug-likeness (QED) is 0.854. The first-order chi connectivity index (χ1) is 10.6. The second-order valence-electron chi connectivity index (χ2n) is 5.94. The van der Waals surface area contributed by atoms with Crippen molar-refractivity contribution in [2.75, 3.05) is 26.3 Å². The van der Waals surface area contributed by atoms with Crippen LogP contribution in [-0.2, 0) is 20.7 Å². The van der Waals surface area contributed by atoms with E-state index in [2.05, 4.69) is 4.98 Å². The number of ether oxygens (including phenoxy) is 2. The number of hydrogen-bond donors (Lipinski definition) is 1. The molecule has 1 aromatic heterocycles. The normalized spacial score (nSPS) is 23.1. The molecule has 0 aliphatic carbocycles. The number of carbonyl (C=O) groups excluding carboxylic acids is 1. The number of nitrogens with zero attached hydrogens (tertiary/aromatic N) is 1. The first kappa shape index (κ1) is 16.1. The molecule has 0 aromatic carbocycles. The van der Waals surface area contributed by atoms with E-state index in [4.69, 9.17) is 21.7 Å².